The van der Waals surface area contributed by atoms with Gasteiger partial charge in [-0.2, -0.15) is 0 Å². The average Bonchev–Trinajstić information content (AvgIpc) is 1.93. The molecule has 4 atom stereocenters. The molecule has 0 aliphatic carbocycles. The number of hydrogen-bond donors (Lipinski definition) is 4. The van der Waals surface area contributed by atoms with E-state index in [1.807, 2.05) is 0 Å². The van der Waals surface area contributed by atoms with Crippen molar-refractivity contribution < 1.29 is 25.2 Å². The van der Waals surface area contributed by atoms with E-state index in [0.29, 0.717) is 0 Å². The van der Waals surface area contributed by atoms with Gasteiger partial charge in [-0.05, 0) is 0 Å². The largest absolute Gasteiger partial charge is 0.388 e. The summed E-state index contributed by atoms with van der Waals surface area (Å²) in [6, 6.07) is 0. The number of aliphatic hydroxyl groups is 4. The van der Waals surface area contributed by atoms with Crippen molar-refractivity contribution in [1.82, 2.24) is 0 Å². The second-order valence-electron chi connectivity index (χ2n) is 2.27. The molecule has 1 aliphatic rings. The molecule has 0 amide bonds. The van der Waals surface area contributed by atoms with Crippen molar-refractivity contribution >= 4 is 0 Å². The molecular weight excluding hydrogens is 140 g/mol. The minimum absolute atomic E-state index is 0.153. The molecule has 1 aliphatic heterocycles. The molecule has 1 fully saturated rings. The molecule has 5 heteroatoms. The van der Waals surface area contributed by atoms with Crippen molar-refractivity contribution in [2.24, 2.45) is 0 Å². The molecular formula is C5H10O5. The Kier molecular flexibility index (Phi) is 2.22. The lowest BCUT2D eigenvalue weighted by Crippen LogP contribution is -2.52. The van der Waals surface area contributed by atoms with Gasteiger partial charge in [-0.25, -0.2) is 0 Å². The Balaban J connectivity index is 2.52. The fourth-order valence-electron chi connectivity index (χ4n) is 0.791. The van der Waals surface area contributed by atoms with Gasteiger partial charge in [-0.3, -0.25) is 0 Å². The summed E-state index contributed by atoms with van der Waals surface area (Å²) in [5.41, 5.74) is 0. The van der Waals surface area contributed by atoms with Gasteiger partial charge in [0, 0.05) is 0 Å². The smallest absolute Gasteiger partial charge is 0.183 e. The highest BCUT2D eigenvalue weighted by molar-refractivity contribution is 4.81. The highest BCUT2D eigenvalue weighted by Crippen LogP contribution is 2.12. The first-order valence-corrected chi connectivity index (χ1v) is 2.97. The molecule has 0 saturated carbocycles. The first-order valence-electron chi connectivity index (χ1n) is 2.97. The topological polar surface area (TPSA) is 90.2 Å². The fourth-order valence-corrected chi connectivity index (χ4v) is 0.791. The van der Waals surface area contributed by atoms with Crippen LogP contribution in [0.1, 0.15) is 0 Å². The van der Waals surface area contributed by atoms with Gasteiger partial charge in [0.15, 0.2) is 6.29 Å². The summed E-state index contributed by atoms with van der Waals surface area (Å²) >= 11 is 0. The highest BCUT2D eigenvalue weighted by Gasteiger charge is 2.36. The lowest BCUT2D eigenvalue weighted by molar-refractivity contribution is -0.252. The van der Waals surface area contributed by atoms with Crippen LogP contribution in [0.3, 0.4) is 0 Å². The van der Waals surface area contributed by atoms with E-state index in [9.17, 15) is 0 Å². The van der Waals surface area contributed by atoms with Crippen molar-refractivity contribution in [1.29, 1.82) is 0 Å². The van der Waals surface area contributed by atoms with E-state index in [0.717, 1.165) is 0 Å². The van der Waals surface area contributed by atoms with Gasteiger partial charge in [0.2, 0.25) is 0 Å². The highest BCUT2D eigenvalue weighted by atomic mass is 16.6. The second-order valence-corrected chi connectivity index (χ2v) is 2.27. The van der Waals surface area contributed by atoms with Crippen LogP contribution in [0.15, 0.2) is 0 Å². The number of hydrogen-bond acceptors (Lipinski definition) is 5. The fraction of sp³-hybridized carbons (Fsp3) is 1.00. The standard InChI is InChI=1S/C5H10O5/c6-2-1-10-5(9)4(8)3(2)7/h2-9H,1H2/t2?,3?,4-,5-/m0/s1. The summed E-state index contributed by atoms with van der Waals surface area (Å²) in [6.45, 7) is -0.153. The zero-order valence-corrected chi connectivity index (χ0v) is 5.21. The Morgan fingerprint density at radius 3 is 2.10 bits per heavy atom. The van der Waals surface area contributed by atoms with E-state index >= 15 is 0 Å². The van der Waals surface area contributed by atoms with Gasteiger partial charge < -0.3 is 25.2 Å². The van der Waals surface area contributed by atoms with Crippen molar-refractivity contribution in [3.63, 3.8) is 0 Å². The van der Waals surface area contributed by atoms with Crippen molar-refractivity contribution in [2.75, 3.05) is 6.61 Å². The lowest BCUT2D eigenvalue weighted by Gasteiger charge is -2.31. The molecule has 0 bridgehead atoms. The van der Waals surface area contributed by atoms with E-state index in [-0.39, 0.29) is 6.61 Å². The summed E-state index contributed by atoms with van der Waals surface area (Å²) in [4.78, 5) is 0. The molecule has 4 N–H and O–H groups in total. The van der Waals surface area contributed by atoms with Crippen LogP contribution in [0.2, 0.25) is 0 Å². The molecule has 1 heterocycles. The van der Waals surface area contributed by atoms with Crippen molar-refractivity contribution in [2.45, 2.75) is 24.6 Å². The maximum Gasteiger partial charge on any atom is 0.183 e. The minimum atomic E-state index is -1.41. The third-order valence-electron chi connectivity index (χ3n) is 1.47. The van der Waals surface area contributed by atoms with Crippen LogP contribution in [0.4, 0.5) is 0 Å². The maximum atomic E-state index is 8.88. The molecule has 0 spiro atoms. The van der Waals surface area contributed by atoms with Crippen LogP contribution in [0.25, 0.3) is 0 Å². The Morgan fingerprint density at radius 1 is 1.00 bits per heavy atom. The van der Waals surface area contributed by atoms with Crippen LogP contribution >= 0.6 is 0 Å². The third kappa shape index (κ3) is 1.28. The Labute approximate surface area is 57.5 Å². The maximum absolute atomic E-state index is 8.88. The molecule has 0 aromatic carbocycles. The van der Waals surface area contributed by atoms with Crippen LogP contribution in [-0.4, -0.2) is 51.6 Å². The van der Waals surface area contributed by atoms with Crippen molar-refractivity contribution in [3.05, 3.63) is 0 Å². The summed E-state index contributed by atoms with van der Waals surface area (Å²) in [6.07, 6.45) is -5.23. The number of aliphatic hydroxyl groups excluding tert-OH is 4. The molecule has 1 saturated heterocycles. The summed E-state index contributed by atoms with van der Waals surface area (Å²) in [7, 11) is 0. The quantitative estimate of drug-likeness (QED) is 0.304. The van der Waals surface area contributed by atoms with Gasteiger partial charge in [-0.1, -0.05) is 0 Å². The van der Waals surface area contributed by atoms with E-state index in [2.05, 4.69) is 4.74 Å². The molecule has 2 unspecified atom stereocenters. The Hall–Kier alpha value is -0.200. The molecule has 1 rings (SSSR count). The SMILES string of the molecule is OC1CO[C@H](O)[C@@H](O)C1O. The first kappa shape index (κ1) is 7.90. The van der Waals surface area contributed by atoms with Crippen LogP contribution < -0.4 is 0 Å². The van der Waals surface area contributed by atoms with Gasteiger partial charge >= 0.3 is 0 Å². The number of ether oxygens (including phenoxy) is 1. The second kappa shape index (κ2) is 2.81. The average molecular weight is 150 g/mol. The van der Waals surface area contributed by atoms with Gasteiger partial charge in [0.05, 0.1) is 6.61 Å². The molecule has 60 valence electrons. The predicted molar refractivity (Wildman–Crippen MR) is 30.0 cm³/mol. The normalized spacial score (nSPS) is 49.2. The zero-order valence-electron chi connectivity index (χ0n) is 5.21. The van der Waals surface area contributed by atoms with Crippen molar-refractivity contribution in [3.8, 4) is 0 Å². The summed E-state index contributed by atoms with van der Waals surface area (Å²) < 4.78 is 4.47. The Bertz CT molecular complexity index is 103. The zero-order chi connectivity index (χ0) is 7.72. The molecule has 10 heavy (non-hydrogen) atoms. The van der Waals surface area contributed by atoms with Gasteiger partial charge in [-0.15, -0.1) is 0 Å². The minimum Gasteiger partial charge on any atom is -0.388 e. The van der Waals surface area contributed by atoms with E-state index < -0.39 is 24.6 Å². The monoisotopic (exact) mass is 150 g/mol. The van der Waals surface area contributed by atoms with E-state index in [4.69, 9.17) is 20.4 Å². The van der Waals surface area contributed by atoms with Crippen LogP contribution in [0.5, 0.6) is 0 Å². The first-order chi connectivity index (χ1) is 4.63. The third-order valence-corrected chi connectivity index (χ3v) is 1.47. The summed E-state index contributed by atoms with van der Waals surface area (Å²) in [5.74, 6) is 0. The molecule has 0 radical (unpaired) electrons. The number of rotatable bonds is 0. The lowest BCUT2D eigenvalue weighted by atomic mass is 10.1. The summed E-state index contributed by atoms with van der Waals surface area (Å²) in [5, 5.41) is 35.3. The van der Waals surface area contributed by atoms with Crippen LogP contribution in [0, 0.1) is 0 Å². The Morgan fingerprint density at radius 2 is 1.60 bits per heavy atom. The molecule has 0 aromatic heterocycles. The predicted octanol–water partition coefficient (Wildman–Crippen LogP) is -2.58. The van der Waals surface area contributed by atoms with Crippen LogP contribution in [-0.2, 0) is 4.74 Å². The molecule has 5 nitrogen and oxygen atoms in total. The van der Waals surface area contributed by atoms with E-state index in [1.54, 1.807) is 0 Å². The van der Waals surface area contributed by atoms with Gasteiger partial charge in [0.1, 0.15) is 18.3 Å². The molecule has 0 aromatic rings. The van der Waals surface area contributed by atoms with Gasteiger partial charge in [0.25, 0.3) is 0 Å². The van der Waals surface area contributed by atoms with E-state index in [1.165, 1.54) is 0 Å².